The zero-order chi connectivity index (χ0) is 30.0. The Bertz CT molecular complexity index is 1420. The Morgan fingerprint density at radius 1 is 1.21 bits per heavy atom. The van der Waals surface area contributed by atoms with Crippen molar-refractivity contribution in [3.63, 3.8) is 0 Å². The fourth-order valence-electron chi connectivity index (χ4n) is 6.74. The van der Waals surface area contributed by atoms with Gasteiger partial charge in [-0.2, -0.15) is 0 Å². The molecule has 5 unspecified atom stereocenters. The summed E-state index contributed by atoms with van der Waals surface area (Å²) in [6, 6.07) is 16.9. The Morgan fingerprint density at radius 3 is 2.60 bits per heavy atom. The molecule has 1 amide bonds. The molecular formula is C34H42FIN4O2. The minimum atomic E-state index is -0.398. The number of halogens is 2. The maximum atomic E-state index is 14.5. The summed E-state index contributed by atoms with van der Waals surface area (Å²) >= 11 is 2.12. The second-order valence-electron chi connectivity index (χ2n) is 12.7. The second kappa shape index (κ2) is 12.9. The van der Waals surface area contributed by atoms with Gasteiger partial charge in [-0.1, -0.05) is 81.7 Å². The van der Waals surface area contributed by atoms with E-state index in [1.54, 1.807) is 6.07 Å². The maximum Gasteiger partial charge on any atom is 0.234 e. The topological polar surface area (TPSA) is 70.7 Å². The van der Waals surface area contributed by atoms with Gasteiger partial charge in [0.25, 0.3) is 0 Å². The van der Waals surface area contributed by atoms with Crippen molar-refractivity contribution >= 4 is 34.3 Å². The van der Waals surface area contributed by atoms with Crippen LogP contribution in [0.25, 0.3) is 11.1 Å². The molecule has 0 aliphatic carbocycles. The van der Waals surface area contributed by atoms with Gasteiger partial charge in [0, 0.05) is 24.7 Å². The van der Waals surface area contributed by atoms with Gasteiger partial charge in [0.1, 0.15) is 21.3 Å². The van der Waals surface area contributed by atoms with E-state index < -0.39 is 11.5 Å². The van der Waals surface area contributed by atoms with E-state index in [-0.39, 0.29) is 23.7 Å². The minimum Gasteiger partial charge on any atom is -0.363 e. The summed E-state index contributed by atoms with van der Waals surface area (Å²) in [6.45, 7) is 12.2. The van der Waals surface area contributed by atoms with Crippen LogP contribution >= 0.6 is 22.6 Å². The van der Waals surface area contributed by atoms with Crippen molar-refractivity contribution < 1.29 is 13.7 Å². The molecule has 3 heterocycles. The van der Waals surface area contributed by atoms with Crippen molar-refractivity contribution in [1.29, 1.82) is 0 Å². The summed E-state index contributed by atoms with van der Waals surface area (Å²) in [6.07, 6.45) is 3.89. The molecule has 1 N–H and O–H groups in total. The van der Waals surface area contributed by atoms with Crippen LogP contribution < -0.4 is 5.32 Å². The number of carbonyl (C=O) groups excluding carboxylic acids is 1. The highest BCUT2D eigenvalue weighted by molar-refractivity contribution is 14.1. The monoisotopic (exact) mass is 684 g/mol. The Labute approximate surface area is 262 Å². The van der Waals surface area contributed by atoms with Crippen LogP contribution in [0.15, 0.2) is 64.1 Å². The van der Waals surface area contributed by atoms with Crippen molar-refractivity contribution in [3.05, 3.63) is 75.4 Å². The largest absolute Gasteiger partial charge is 0.363 e. The fourth-order valence-corrected chi connectivity index (χ4v) is 7.14. The highest BCUT2D eigenvalue weighted by atomic mass is 127. The second-order valence-corrected chi connectivity index (χ2v) is 13.8. The number of hydrogen-bond donors (Lipinski definition) is 1. The molecule has 3 aromatic rings. The number of nitrogens with zero attached hydrogens (tertiary/aromatic N) is 3. The molecule has 0 bridgehead atoms. The summed E-state index contributed by atoms with van der Waals surface area (Å²) in [5.74, 6) is 1.89. The SMILES string of the molecule is CCC1CCN=C(C2CC(C)CN2C(=O)C(c2cc(I)no2)C(C)C)NC(C)(c2ccc(-c3ccccc3F)cc2)C1. The van der Waals surface area contributed by atoms with Gasteiger partial charge in [0.2, 0.25) is 5.91 Å². The van der Waals surface area contributed by atoms with Crippen LogP contribution in [0.3, 0.4) is 0 Å². The third-order valence-corrected chi connectivity index (χ3v) is 9.56. The first-order chi connectivity index (χ1) is 20.1. The van der Waals surface area contributed by atoms with Crippen molar-refractivity contribution in [2.24, 2.45) is 22.7 Å². The molecule has 6 nitrogen and oxygen atoms in total. The molecule has 2 aliphatic heterocycles. The predicted molar refractivity (Wildman–Crippen MR) is 174 cm³/mol. The highest BCUT2D eigenvalue weighted by Gasteiger charge is 2.43. The fraction of sp³-hybridized carbons (Fsp3) is 0.500. The summed E-state index contributed by atoms with van der Waals surface area (Å²) in [5, 5.41) is 7.95. The van der Waals surface area contributed by atoms with Gasteiger partial charge in [-0.3, -0.25) is 9.79 Å². The van der Waals surface area contributed by atoms with E-state index in [0.717, 1.165) is 52.9 Å². The smallest absolute Gasteiger partial charge is 0.234 e. The Kier molecular flexibility index (Phi) is 9.40. The van der Waals surface area contributed by atoms with E-state index >= 15 is 0 Å². The Hall–Kier alpha value is -2.75. The number of aliphatic imine (C=N–C) groups is 1. The van der Waals surface area contributed by atoms with Gasteiger partial charge in [-0.25, -0.2) is 4.39 Å². The number of benzene rings is 2. The third-order valence-electron chi connectivity index (χ3n) is 9.05. The lowest BCUT2D eigenvalue weighted by atomic mass is 9.79. The number of hydrogen-bond acceptors (Lipinski definition) is 5. The summed E-state index contributed by atoms with van der Waals surface area (Å²) < 4.78 is 20.9. The molecule has 8 heteroatoms. The first-order valence-corrected chi connectivity index (χ1v) is 16.3. The molecule has 224 valence electrons. The molecule has 2 aliphatic rings. The lowest BCUT2D eigenvalue weighted by Crippen LogP contribution is -2.54. The van der Waals surface area contributed by atoms with Gasteiger partial charge in [-0.05, 0) is 83.7 Å². The van der Waals surface area contributed by atoms with Gasteiger partial charge < -0.3 is 14.7 Å². The number of rotatable bonds is 7. The number of carbonyl (C=O) groups is 1. The van der Waals surface area contributed by atoms with Crippen molar-refractivity contribution in [1.82, 2.24) is 15.4 Å². The van der Waals surface area contributed by atoms with E-state index in [2.05, 4.69) is 79.8 Å². The highest BCUT2D eigenvalue weighted by Crippen LogP contribution is 2.37. The number of likely N-dealkylation sites (tertiary alicyclic amines) is 1. The molecule has 5 atom stereocenters. The van der Waals surface area contributed by atoms with Crippen LogP contribution in [0.2, 0.25) is 0 Å². The van der Waals surface area contributed by atoms with Crippen molar-refractivity contribution in [2.75, 3.05) is 13.1 Å². The summed E-state index contributed by atoms with van der Waals surface area (Å²) in [5.41, 5.74) is 2.20. The molecule has 2 aromatic carbocycles. The first kappa shape index (κ1) is 30.7. The van der Waals surface area contributed by atoms with Crippen LogP contribution in [-0.4, -0.2) is 40.9 Å². The van der Waals surface area contributed by atoms with Crippen LogP contribution in [0.1, 0.15) is 77.5 Å². The zero-order valence-corrected chi connectivity index (χ0v) is 27.4. The molecule has 1 fully saturated rings. The van der Waals surface area contributed by atoms with Gasteiger partial charge in [-0.15, -0.1) is 0 Å². The van der Waals surface area contributed by atoms with Gasteiger partial charge in [0.15, 0.2) is 5.76 Å². The Morgan fingerprint density at radius 2 is 1.95 bits per heavy atom. The van der Waals surface area contributed by atoms with Gasteiger partial charge in [0.05, 0.1) is 11.6 Å². The predicted octanol–water partition coefficient (Wildman–Crippen LogP) is 7.79. The van der Waals surface area contributed by atoms with E-state index in [1.165, 1.54) is 6.07 Å². The average molecular weight is 685 g/mol. The van der Waals surface area contributed by atoms with Crippen molar-refractivity contribution in [3.8, 4) is 11.1 Å². The number of nitrogens with one attached hydrogen (secondary N) is 1. The standard InChI is InChI=1S/C34H42FIN4O2/c1-6-23-15-16-37-32(28-17-22(4)20-40(28)33(41)31(21(2)3)29-18-30(36)39-42-29)38-34(5,19-23)25-13-11-24(12-14-25)26-9-7-8-10-27(26)35/h7-14,18,21-23,28,31H,6,15-17,19-20H2,1-5H3,(H,37,38). The van der Waals surface area contributed by atoms with Gasteiger partial charge >= 0.3 is 0 Å². The van der Waals surface area contributed by atoms with Crippen LogP contribution in [-0.2, 0) is 10.3 Å². The summed E-state index contributed by atoms with van der Waals surface area (Å²) in [4.78, 5) is 21.4. The maximum absolute atomic E-state index is 14.5. The van der Waals surface area contributed by atoms with Crippen LogP contribution in [0, 0.1) is 27.3 Å². The quantitative estimate of drug-likeness (QED) is 0.258. The van der Waals surface area contributed by atoms with E-state index in [0.29, 0.717) is 29.7 Å². The van der Waals surface area contributed by atoms with E-state index in [4.69, 9.17) is 9.52 Å². The molecular weight excluding hydrogens is 642 g/mol. The molecule has 0 spiro atoms. The molecule has 1 aromatic heterocycles. The van der Waals surface area contributed by atoms with Crippen LogP contribution in [0.4, 0.5) is 4.39 Å². The third kappa shape index (κ3) is 6.43. The van der Waals surface area contributed by atoms with E-state index in [1.807, 2.05) is 35.2 Å². The molecule has 5 rings (SSSR count). The van der Waals surface area contributed by atoms with Crippen LogP contribution in [0.5, 0.6) is 0 Å². The average Bonchev–Trinajstić information content (AvgIpc) is 3.56. The van der Waals surface area contributed by atoms with E-state index in [9.17, 15) is 9.18 Å². The summed E-state index contributed by atoms with van der Waals surface area (Å²) in [7, 11) is 0. The normalized spacial score (nSPS) is 25.5. The zero-order valence-electron chi connectivity index (χ0n) is 25.2. The lowest BCUT2D eigenvalue weighted by molar-refractivity contribution is -0.134. The molecule has 0 radical (unpaired) electrons. The number of aromatic nitrogens is 1. The number of amides is 1. The molecule has 1 saturated heterocycles. The first-order valence-electron chi connectivity index (χ1n) is 15.2. The number of amidine groups is 1. The lowest BCUT2D eigenvalue weighted by Gasteiger charge is -2.40. The molecule has 42 heavy (non-hydrogen) atoms. The Balaban J connectivity index is 1.46. The van der Waals surface area contributed by atoms with Crippen molar-refractivity contribution in [2.45, 2.75) is 77.8 Å². The molecule has 0 saturated carbocycles. The minimum absolute atomic E-state index is 0.0635.